The maximum atomic E-state index is 5.82. The van der Waals surface area contributed by atoms with Gasteiger partial charge in [-0.2, -0.15) is 0 Å². The van der Waals surface area contributed by atoms with Crippen molar-refractivity contribution in [1.82, 2.24) is 5.32 Å². The predicted octanol–water partition coefficient (Wildman–Crippen LogP) is -0.288. The molecule has 1 rings (SSSR count). The third kappa shape index (κ3) is 1.94. The van der Waals surface area contributed by atoms with Crippen LogP contribution in [-0.4, -0.2) is 32.3 Å². The molecule has 0 radical (unpaired) electrons. The molecule has 60 valence electrons. The van der Waals surface area contributed by atoms with Crippen LogP contribution in [0.2, 0.25) is 0 Å². The molecule has 1 heterocycles. The van der Waals surface area contributed by atoms with E-state index < -0.39 is 0 Å². The number of hydrogen-bond acceptors (Lipinski definition) is 3. The number of nitrogens with one attached hydrogen (secondary N) is 1. The summed E-state index contributed by atoms with van der Waals surface area (Å²) in [6.45, 7) is 2.06. The van der Waals surface area contributed by atoms with E-state index in [4.69, 9.17) is 10.5 Å². The third-order valence-corrected chi connectivity index (χ3v) is 2.04. The summed E-state index contributed by atoms with van der Waals surface area (Å²) < 4.78 is 5.22. The molecule has 0 bridgehead atoms. The van der Waals surface area contributed by atoms with Gasteiger partial charge in [-0.15, -0.1) is 0 Å². The summed E-state index contributed by atoms with van der Waals surface area (Å²) in [7, 11) is 1.73. The van der Waals surface area contributed by atoms with Gasteiger partial charge in [0.25, 0.3) is 0 Å². The smallest absolute Gasteiger partial charge is 0.0734 e. The molecule has 0 aromatic heterocycles. The first kappa shape index (κ1) is 7.98. The highest BCUT2D eigenvalue weighted by Crippen LogP contribution is 2.06. The highest BCUT2D eigenvalue weighted by Gasteiger charge is 2.18. The van der Waals surface area contributed by atoms with Crippen molar-refractivity contribution in [2.45, 2.75) is 25.0 Å². The quantitative estimate of drug-likeness (QED) is 0.532. The molecule has 0 aromatic carbocycles. The first-order chi connectivity index (χ1) is 4.84. The summed E-state index contributed by atoms with van der Waals surface area (Å²) in [5.74, 6) is 0. The van der Waals surface area contributed by atoms with Crippen LogP contribution in [0.1, 0.15) is 12.8 Å². The Bertz CT molecular complexity index is 97.6. The van der Waals surface area contributed by atoms with Crippen LogP contribution >= 0.6 is 0 Å². The molecule has 2 unspecified atom stereocenters. The molecular weight excluding hydrogens is 128 g/mol. The van der Waals surface area contributed by atoms with Crippen LogP contribution in [0.25, 0.3) is 0 Å². The van der Waals surface area contributed by atoms with Gasteiger partial charge in [-0.3, -0.25) is 0 Å². The van der Waals surface area contributed by atoms with E-state index in [1.165, 1.54) is 0 Å². The van der Waals surface area contributed by atoms with Gasteiger partial charge in [0.05, 0.1) is 6.10 Å². The molecule has 3 nitrogen and oxygen atoms in total. The first-order valence-electron chi connectivity index (χ1n) is 3.83. The second-order valence-electron chi connectivity index (χ2n) is 2.77. The number of hydrogen-bond donors (Lipinski definition) is 2. The van der Waals surface area contributed by atoms with Crippen LogP contribution in [0.3, 0.4) is 0 Å². The monoisotopic (exact) mass is 144 g/mol. The van der Waals surface area contributed by atoms with Crippen LogP contribution in [0, 0.1) is 0 Å². The van der Waals surface area contributed by atoms with Gasteiger partial charge >= 0.3 is 0 Å². The summed E-state index contributed by atoms with van der Waals surface area (Å²) in [4.78, 5) is 0. The summed E-state index contributed by atoms with van der Waals surface area (Å²) in [6, 6.07) is 0.222. The number of rotatable bonds is 1. The summed E-state index contributed by atoms with van der Waals surface area (Å²) >= 11 is 0. The maximum Gasteiger partial charge on any atom is 0.0734 e. The van der Waals surface area contributed by atoms with E-state index in [9.17, 15) is 0 Å². The highest BCUT2D eigenvalue weighted by atomic mass is 16.5. The Morgan fingerprint density at radius 3 is 2.80 bits per heavy atom. The molecule has 1 saturated heterocycles. The van der Waals surface area contributed by atoms with Gasteiger partial charge in [-0.25, -0.2) is 0 Å². The van der Waals surface area contributed by atoms with E-state index in [1.807, 2.05) is 0 Å². The zero-order valence-electron chi connectivity index (χ0n) is 6.47. The van der Waals surface area contributed by atoms with Crippen LogP contribution in [0.15, 0.2) is 0 Å². The first-order valence-corrected chi connectivity index (χ1v) is 3.83. The molecule has 1 aliphatic rings. The largest absolute Gasteiger partial charge is 0.380 e. The van der Waals surface area contributed by atoms with Crippen LogP contribution in [0.5, 0.6) is 0 Å². The highest BCUT2D eigenvalue weighted by molar-refractivity contribution is 4.78. The summed E-state index contributed by atoms with van der Waals surface area (Å²) in [5, 5.41) is 3.28. The summed E-state index contributed by atoms with van der Waals surface area (Å²) in [6.07, 6.45) is 2.32. The number of nitrogens with two attached hydrogens (primary N) is 1. The lowest BCUT2D eigenvalue weighted by Crippen LogP contribution is -2.35. The number of methoxy groups -OCH3 is 1. The maximum absolute atomic E-state index is 5.82. The molecular formula is C7H16N2O. The molecule has 2 atom stereocenters. The van der Waals surface area contributed by atoms with Crippen LogP contribution in [-0.2, 0) is 4.74 Å². The lowest BCUT2D eigenvalue weighted by molar-refractivity contribution is 0.0779. The number of ether oxygens (including phenoxy) is 1. The molecule has 3 heteroatoms. The van der Waals surface area contributed by atoms with E-state index in [-0.39, 0.29) is 12.1 Å². The minimum Gasteiger partial charge on any atom is -0.380 e. The van der Waals surface area contributed by atoms with Gasteiger partial charge in [0.15, 0.2) is 0 Å². The fourth-order valence-corrected chi connectivity index (χ4v) is 1.33. The molecule has 0 aliphatic carbocycles. The molecule has 1 fully saturated rings. The van der Waals surface area contributed by atoms with Gasteiger partial charge in [0.1, 0.15) is 0 Å². The van der Waals surface area contributed by atoms with Crippen molar-refractivity contribution in [2.75, 3.05) is 20.2 Å². The van der Waals surface area contributed by atoms with Gasteiger partial charge in [-0.1, -0.05) is 0 Å². The van der Waals surface area contributed by atoms with Gasteiger partial charge in [0, 0.05) is 13.2 Å². The Morgan fingerprint density at radius 1 is 1.40 bits per heavy atom. The fourth-order valence-electron chi connectivity index (χ4n) is 1.33. The Labute approximate surface area is 61.9 Å². The Kier molecular flexibility index (Phi) is 3.12. The minimum absolute atomic E-state index is 0.222. The standard InChI is InChI=1S/C7H16N2O/c1-10-7-3-5-9-4-2-6(7)8/h6-7,9H,2-5,8H2,1H3. The van der Waals surface area contributed by atoms with Crippen molar-refractivity contribution < 1.29 is 4.74 Å². The molecule has 0 spiro atoms. The predicted molar refractivity (Wildman–Crippen MR) is 40.9 cm³/mol. The second kappa shape index (κ2) is 3.91. The van der Waals surface area contributed by atoms with Crippen molar-refractivity contribution in [3.05, 3.63) is 0 Å². The van der Waals surface area contributed by atoms with Crippen molar-refractivity contribution >= 4 is 0 Å². The average molecular weight is 144 g/mol. The van der Waals surface area contributed by atoms with Crippen molar-refractivity contribution in [2.24, 2.45) is 5.73 Å². The van der Waals surface area contributed by atoms with E-state index in [0.717, 1.165) is 25.9 Å². The van der Waals surface area contributed by atoms with Crippen LogP contribution < -0.4 is 11.1 Å². The SMILES string of the molecule is COC1CCNCCC1N. The minimum atomic E-state index is 0.222. The Balaban J connectivity index is 2.35. The van der Waals surface area contributed by atoms with Crippen molar-refractivity contribution in [1.29, 1.82) is 0 Å². The molecule has 1 aliphatic heterocycles. The van der Waals surface area contributed by atoms with Gasteiger partial charge in [-0.05, 0) is 25.9 Å². The molecule has 0 amide bonds. The average Bonchev–Trinajstić information content (AvgIpc) is 2.13. The van der Waals surface area contributed by atoms with Gasteiger partial charge < -0.3 is 15.8 Å². The summed E-state index contributed by atoms with van der Waals surface area (Å²) in [5.41, 5.74) is 5.82. The van der Waals surface area contributed by atoms with E-state index in [0.29, 0.717) is 0 Å². The molecule has 10 heavy (non-hydrogen) atoms. The second-order valence-corrected chi connectivity index (χ2v) is 2.77. The topological polar surface area (TPSA) is 47.3 Å². The van der Waals surface area contributed by atoms with Crippen LogP contribution in [0.4, 0.5) is 0 Å². The van der Waals surface area contributed by atoms with Crippen molar-refractivity contribution in [3.8, 4) is 0 Å². The fraction of sp³-hybridized carbons (Fsp3) is 1.00. The van der Waals surface area contributed by atoms with E-state index in [1.54, 1.807) is 7.11 Å². The van der Waals surface area contributed by atoms with Gasteiger partial charge in [0.2, 0.25) is 0 Å². The third-order valence-electron chi connectivity index (χ3n) is 2.04. The molecule has 0 aromatic rings. The van der Waals surface area contributed by atoms with E-state index >= 15 is 0 Å². The zero-order valence-corrected chi connectivity index (χ0v) is 6.47. The lowest BCUT2D eigenvalue weighted by atomic mass is 10.1. The Hall–Kier alpha value is -0.120. The molecule has 0 saturated carbocycles. The lowest BCUT2D eigenvalue weighted by Gasteiger charge is -2.18. The molecule has 3 N–H and O–H groups in total. The van der Waals surface area contributed by atoms with Crippen molar-refractivity contribution in [3.63, 3.8) is 0 Å². The Morgan fingerprint density at radius 2 is 2.10 bits per heavy atom. The normalized spacial score (nSPS) is 35.4. The zero-order chi connectivity index (χ0) is 7.40. The van der Waals surface area contributed by atoms with E-state index in [2.05, 4.69) is 5.32 Å².